The number of carbonyl (C=O) groups excluding carboxylic acids is 1. The zero-order valence-corrected chi connectivity index (χ0v) is 9.08. The van der Waals surface area contributed by atoms with E-state index in [0.717, 1.165) is 38.8 Å². The number of fused-ring (bicyclic) bond motifs is 1. The molecule has 0 radical (unpaired) electrons. The van der Waals surface area contributed by atoms with Gasteiger partial charge in [-0.05, 0) is 32.6 Å². The minimum absolute atomic E-state index is 0.148. The van der Waals surface area contributed by atoms with Crippen LogP contribution in [0.15, 0.2) is 0 Å². The molecule has 0 N–H and O–H groups in total. The van der Waals surface area contributed by atoms with Crippen LogP contribution in [0.3, 0.4) is 0 Å². The lowest BCUT2D eigenvalue weighted by Crippen LogP contribution is -2.44. The molecule has 1 saturated carbocycles. The Morgan fingerprint density at radius 3 is 3.07 bits per heavy atom. The number of ether oxygens (including phenoxy) is 1. The molecule has 0 spiro atoms. The van der Waals surface area contributed by atoms with E-state index in [9.17, 15) is 4.79 Å². The highest BCUT2D eigenvalue weighted by Gasteiger charge is 2.53. The Hall–Kier alpha value is -0.570. The summed E-state index contributed by atoms with van der Waals surface area (Å²) in [6.07, 6.45) is 4.39. The molecule has 2 atom stereocenters. The van der Waals surface area contributed by atoms with Crippen LogP contribution in [0.25, 0.3) is 0 Å². The molecule has 0 unspecified atom stereocenters. The first kappa shape index (κ1) is 9.97. The van der Waals surface area contributed by atoms with Crippen molar-refractivity contribution in [1.82, 2.24) is 4.90 Å². The van der Waals surface area contributed by atoms with Gasteiger partial charge in [-0.1, -0.05) is 0 Å². The van der Waals surface area contributed by atoms with Gasteiger partial charge in [0.1, 0.15) is 0 Å². The van der Waals surface area contributed by atoms with Gasteiger partial charge in [0, 0.05) is 20.2 Å². The van der Waals surface area contributed by atoms with Gasteiger partial charge in [0.05, 0.1) is 11.5 Å². The molecule has 1 aliphatic heterocycles. The predicted molar refractivity (Wildman–Crippen MR) is 54.0 cm³/mol. The Balaban J connectivity index is 2.17. The van der Waals surface area contributed by atoms with E-state index in [1.807, 2.05) is 18.9 Å². The zero-order chi connectivity index (χ0) is 10.2. The lowest BCUT2D eigenvalue weighted by atomic mass is 9.81. The van der Waals surface area contributed by atoms with Crippen LogP contribution >= 0.6 is 0 Å². The summed E-state index contributed by atoms with van der Waals surface area (Å²) in [5.41, 5.74) is -0.148. The molecule has 1 amide bonds. The lowest BCUT2D eigenvalue weighted by molar-refractivity contribution is -0.142. The number of carbonyl (C=O) groups is 1. The van der Waals surface area contributed by atoms with Crippen LogP contribution in [0.5, 0.6) is 0 Å². The van der Waals surface area contributed by atoms with Crippen LogP contribution in [-0.4, -0.2) is 37.1 Å². The van der Waals surface area contributed by atoms with Crippen LogP contribution in [0.2, 0.25) is 0 Å². The Bertz CT molecular complexity index is 229. The second kappa shape index (κ2) is 3.54. The molecular weight excluding hydrogens is 178 g/mol. The quantitative estimate of drug-likeness (QED) is 0.670. The van der Waals surface area contributed by atoms with Gasteiger partial charge in [0.25, 0.3) is 0 Å². The van der Waals surface area contributed by atoms with Crippen molar-refractivity contribution in [3.8, 4) is 0 Å². The average Bonchev–Trinajstić information content (AvgIpc) is 2.73. The van der Waals surface area contributed by atoms with Gasteiger partial charge in [0.2, 0.25) is 5.91 Å². The van der Waals surface area contributed by atoms with Gasteiger partial charge < -0.3 is 9.64 Å². The van der Waals surface area contributed by atoms with E-state index >= 15 is 0 Å². The molecule has 0 aromatic rings. The molecule has 3 heteroatoms. The number of amides is 1. The summed E-state index contributed by atoms with van der Waals surface area (Å²) < 4.78 is 5.65. The number of rotatable bonds is 2. The van der Waals surface area contributed by atoms with E-state index in [-0.39, 0.29) is 11.5 Å². The van der Waals surface area contributed by atoms with Gasteiger partial charge in [-0.2, -0.15) is 0 Å². The SMILES string of the molecule is CCN(C)C(=O)[C@]12CCC[C@H]1OCC2. The van der Waals surface area contributed by atoms with Crippen molar-refractivity contribution in [3.05, 3.63) is 0 Å². The third kappa shape index (κ3) is 1.26. The molecule has 80 valence electrons. The van der Waals surface area contributed by atoms with Gasteiger partial charge in [-0.15, -0.1) is 0 Å². The van der Waals surface area contributed by atoms with Crippen LogP contribution in [-0.2, 0) is 9.53 Å². The van der Waals surface area contributed by atoms with Crippen molar-refractivity contribution in [1.29, 1.82) is 0 Å². The highest BCUT2D eigenvalue weighted by Crippen LogP contribution is 2.48. The first-order chi connectivity index (χ1) is 6.70. The monoisotopic (exact) mass is 197 g/mol. The lowest BCUT2D eigenvalue weighted by Gasteiger charge is -2.30. The largest absolute Gasteiger partial charge is 0.377 e. The Morgan fingerprint density at radius 2 is 2.36 bits per heavy atom. The molecule has 2 fully saturated rings. The highest BCUT2D eigenvalue weighted by atomic mass is 16.5. The molecule has 1 aliphatic carbocycles. The van der Waals surface area contributed by atoms with Crippen LogP contribution in [0.1, 0.15) is 32.6 Å². The van der Waals surface area contributed by atoms with Gasteiger partial charge >= 0.3 is 0 Å². The summed E-state index contributed by atoms with van der Waals surface area (Å²) in [6, 6.07) is 0. The summed E-state index contributed by atoms with van der Waals surface area (Å²) in [7, 11) is 1.89. The minimum atomic E-state index is -0.148. The molecule has 1 heterocycles. The zero-order valence-electron chi connectivity index (χ0n) is 9.08. The van der Waals surface area contributed by atoms with Gasteiger partial charge in [0.15, 0.2) is 0 Å². The van der Waals surface area contributed by atoms with Crippen LogP contribution in [0, 0.1) is 5.41 Å². The second-order valence-electron chi connectivity index (χ2n) is 4.48. The van der Waals surface area contributed by atoms with Gasteiger partial charge in [-0.3, -0.25) is 4.79 Å². The maximum absolute atomic E-state index is 12.2. The Kier molecular flexibility index (Phi) is 2.52. The Labute approximate surface area is 85.4 Å². The maximum Gasteiger partial charge on any atom is 0.231 e. The standard InChI is InChI=1S/C11H19NO2/c1-3-12(2)10(13)11-6-4-5-9(11)14-8-7-11/h9H,3-8H2,1-2H3/t9-,11+/m1/s1. The van der Waals surface area contributed by atoms with Crippen molar-refractivity contribution in [2.75, 3.05) is 20.2 Å². The molecule has 0 aromatic heterocycles. The van der Waals surface area contributed by atoms with E-state index in [0.29, 0.717) is 5.91 Å². The molecular formula is C11H19NO2. The summed E-state index contributed by atoms with van der Waals surface area (Å²) >= 11 is 0. The Morgan fingerprint density at radius 1 is 1.57 bits per heavy atom. The summed E-state index contributed by atoms with van der Waals surface area (Å²) in [4.78, 5) is 14.1. The summed E-state index contributed by atoms with van der Waals surface area (Å²) in [6.45, 7) is 3.59. The smallest absolute Gasteiger partial charge is 0.231 e. The average molecular weight is 197 g/mol. The minimum Gasteiger partial charge on any atom is -0.377 e. The number of hydrogen-bond acceptors (Lipinski definition) is 2. The van der Waals surface area contributed by atoms with E-state index < -0.39 is 0 Å². The van der Waals surface area contributed by atoms with E-state index in [1.54, 1.807) is 0 Å². The summed E-state index contributed by atoms with van der Waals surface area (Å²) in [5.74, 6) is 0.306. The predicted octanol–water partition coefficient (Wildman–Crippen LogP) is 1.42. The molecule has 3 nitrogen and oxygen atoms in total. The molecule has 0 bridgehead atoms. The maximum atomic E-state index is 12.2. The highest BCUT2D eigenvalue weighted by molar-refractivity contribution is 5.83. The van der Waals surface area contributed by atoms with Gasteiger partial charge in [-0.25, -0.2) is 0 Å². The fourth-order valence-corrected chi connectivity index (χ4v) is 2.83. The molecule has 14 heavy (non-hydrogen) atoms. The van der Waals surface area contributed by atoms with Crippen molar-refractivity contribution < 1.29 is 9.53 Å². The van der Waals surface area contributed by atoms with E-state index in [2.05, 4.69) is 0 Å². The number of nitrogens with zero attached hydrogens (tertiary/aromatic N) is 1. The normalized spacial score (nSPS) is 35.7. The summed E-state index contributed by atoms with van der Waals surface area (Å²) in [5, 5.41) is 0. The third-order valence-electron chi connectivity index (χ3n) is 3.82. The van der Waals surface area contributed by atoms with Crippen molar-refractivity contribution in [2.45, 2.75) is 38.7 Å². The molecule has 2 aliphatic rings. The van der Waals surface area contributed by atoms with E-state index in [1.165, 1.54) is 0 Å². The van der Waals surface area contributed by atoms with Crippen molar-refractivity contribution in [3.63, 3.8) is 0 Å². The first-order valence-electron chi connectivity index (χ1n) is 5.58. The first-order valence-corrected chi connectivity index (χ1v) is 5.58. The van der Waals surface area contributed by atoms with Crippen molar-refractivity contribution in [2.24, 2.45) is 5.41 Å². The second-order valence-corrected chi connectivity index (χ2v) is 4.48. The van der Waals surface area contributed by atoms with Crippen LogP contribution in [0.4, 0.5) is 0 Å². The topological polar surface area (TPSA) is 29.5 Å². The van der Waals surface area contributed by atoms with Crippen molar-refractivity contribution >= 4 is 5.91 Å². The fourth-order valence-electron chi connectivity index (χ4n) is 2.83. The molecule has 2 rings (SSSR count). The third-order valence-corrected chi connectivity index (χ3v) is 3.82. The van der Waals surface area contributed by atoms with Crippen LogP contribution < -0.4 is 0 Å². The molecule has 0 aromatic carbocycles. The molecule has 1 saturated heterocycles. The van der Waals surface area contributed by atoms with E-state index in [4.69, 9.17) is 4.74 Å². The fraction of sp³-hybridized carbons (Fsp3) is 0.909. The number of hydrogen-bond donors (Lipinski definition) is 0.